The minimum atomic E-state index is -4.57. The second-order valence-electron chi connectivity index (χ2n) is 6.14. The van der Waals surface area contributed by atoms with Crippen molar-refractivity contribution >= 4 is 11.3 Å². The molecule has 9 heteroatoms. The maximum atomic E-state index is 12.5. The third kappa shape index (κ3) is 2.84. The Labute approximate surface area is 140 Å². The van der Waals surface area contributed by atoms with Crippen LogP contribution in [0.1, 0.15) is 35.0 Å². The molecule has 4 rings (SSSR count). The normalized spacial score (nSPS) is 21.1. The fourth-order valence-electron chi connectivity index (χ4n) is 3.47. The molecule has 1 spiro atoms. The van der Waals surface area contributed by atoms with Gasteiger partial charge in [0.25, 0.3) is 5.82 Å². The summed E-state index contributed by atoms with van der Waals surface area (Å²) in [5.74, 6) is -1.22. The summed E-state index contributed by atoms with van der Waals surface area (Å²) in [4.78, 5) is 6.85. The third-order valence-electron chi connectivity index (χ3n) is 4.69. The molecule has 130 valence electrons. The second kappa shape index (κ2) is 5.82. The minimum absolute atomic E-state index is 0.000870. The summed E-state index contributed by atoms with van der Waals surface area (Å²) in [5.41, 5.74) is 1.05. The van der Waals surface area contributed by atoms with Gasteiger partial charge in [-0.2, -0.15) is 18.2 Å². The van der Waals surface area contributed by atoms with Crippen LogP contribution in [0.25, 0.3) is 0 Å². The third-order valence-corrected chi connectivity index (χ3v) is 5.67. The van der Waals surface area contributed by atoms with Crippen LogP contribution in [0, 0.1) is 0 Å². The van der Waals surface area contributed by atoms with Crippen LogP contribution in [-0.2, 0) is 29.5 Å². The fraction of sp³-hybridized carbons (Fsp3) is 0.600. The Balaban J connectivity index is 1.42. The lowest BCUT2D eigenvalue weighted by Gasteiger charge is -2.43. The number of hydrogen-bond donors (Lipinski definition) is 0. The van der Waals surface area contributed by atoms with Gasteiger partial charge in [-0.1, -0.05) is 5.16 Å². The standard InChI is InChI=1S/C15H16F3N3O2S/c16-15(17,18)13-19-12(23-20-13)9-21-5-3-14(4-6-21)10-2-8-24-11(10)1-7-22-14/h2,8H,1,3-7,9H2. The molecule has 2 aromatic heterocycles. The van der Waals surface area contributed by atoms with Crippen molar-refractivity contribution in [2.45, 2.75) is 37.6 Å². The van der Waals surface area contributed by atoms with Gasteiger partial charge >= 0.3 is 6.18 Å². The summed E-state index contributed by atoms with van der Waals surface area (Å²) in [6.07, 6.45) is -1.98. The number of halogens is 3. The minimum Gasteiger partial charge on any atom is -0.370 e. The van der Waals surface area contributed by atoms with Crippen molar-refractivity contribution in [1.29, 1.82) is 0 Å². The first-order valence-corrected chi connectivity index (χ1v) is 8.67. The average molecular weight is 359 g/mol. The summed E-state index contributed by atoms with van der Waals surface area (Å²) < 4.78 is 48.4. The van der Waals surface area contributed by atoms with E-state index >= 15 is 0 Å². The van der Waals surface area contributed by atoms with E-state index in [9.17, 15) is 13.2 Å². The Morgan fingerprint density at radius 2 is 2.08 bits per heavy atom. The zero-order valence-electron chi connectivity index (χ0n) is 12.8. The number of thiophene rings is 1. The average Bonchev–Trinajstić information content (AvgIpc) is 3.19. The predicted octanol–water partition coefficient (Wildman–Crippen LogP) is 3.21. The Morgan fingerprint density at radius 1 is 1.29 bits per heavy atom. The SMILES string of the molecule is FC(F)(F)c1noc(CN2CCC3(CC2)OCCc2sccc23)n1. The van der Waals surface area contributed by atoms with E-state index in [0.29, 0.717) is 0 Å². The molecule has 0 radical (unpaired) electrons. The molecule has 0 aromatic carbocycles. The van der Waals surface area contributed by atoms with Gasteiger partial charge in [0.15, 0.2) is 0 Å². The number of ether oxygens (including phenoxy) is 1. The number of likely N-dealkylation sites (tertiary alicyclic amines) is 1. The topological polar surface area (TPSA) is 51.4 Å². The molecule has 0 unspecified atom stereocenters. The summed E-state index contributed by atoms with van der Waals surface area (Å²) >= 11 is 1.77. The largest absolute Gasteiger partial charge is 0.455 e. The van der Waals surface area contributed by atoms with Crippen LogP contribution in [0.3, 0.4) is 0 Å². The van der Waals surface area contributed by atoms with Crippen LogP contribution in [0.5, 0.6) is 0 Å². The van der Waals surface area contributed by atoms with E-state index in [0.717, 1.165) is 39.0 Å². The van der Waals surface area contributed by atoms with Gasteiger partial charge < -0.3 is 9.26 Å². The van der Waals surface area contributed by atoms with Crippen LogP contribution >= 0.6 is 11.3 Å². The van der Waals surface area contributed by atoms with E-state index in [1.54, 1.807) is 11.3 Å². The molecule has 0 bridgehead atoms. The molecule has 4 heterocycles. The van der Waals surface area contributed by atoms with E-state index in [1.807, 2.05) is 4.90 Å². The highest BCUT2D eigenvalue weighted by molar-refractivity contribution is 7.10. The molecule has 2 aliphatic heterocycles. The fourth-order valence-corrected chi connectivity index (χ4v) is 4.42. The summed E-state index contributed by atoms with van der Waals surface area (Å²) in [6, 6.07) is 2.14. The van der Waals surface area contributed by atoms with Gasteiger partial charge in [-0.05, 0) is 29.9 Å². The molecule has 0 aliphatic carbocycles. The summed E-state index contributed by atoms with van der Waals surface area (Å²) in [5, 5.41) is 5.10. The van der Waals surface area contributed by atoms with E-state index in [4.69, 9.17) is 9.26 Å². The zero-order chi connectivity index (χ0) is 16.8. The lowest BCUT2D eigenvalue weighted by atomic mass is 9.82. The number of aromatic nitrogens is 2. The molecule has 5 nitrogen and oxygen atoms in total. The number of hydrogen-bond acceptors (Lipinski definition) is 6. The Kier molecular flexibility index (Phi) is 3.89. The van der Waals surface area contributed by atoms with Crippen LogP contribution in [0.4, 0.5) is 13.2 Å². The van der Waals surface area contributed by atoms with Crippen molar-refractivity contribution in [3.8, 4) is 0 Å². The monoisotopic (exact) mass is 359 g/mol. The number of alkyl halides is 3. The Hall–Kier alpha value is -1.45. The van der Waals surface area contributed by atoms with Gasteiger partial charge in [0, 0.05) is 24.4 Å². The maximum absolute atomic E-state index is 12.5. The van der Waals surface area contributed by atoms with Crippen LogP contribution in [-0.4, -0.2) is 34.7 Å². The first kappa shape index (κ1) is 16.0. The van der Waals surface area contributed by atoms with E-state index in [1.165, 1.54) is 10.4 Å². The Morgan fingerprint density at radius 3 is 2.79 bits per heavy atom. The van der Waals surface area contributed by atoms with Gasteiger partial charge in [-0.25, -0.2) is 0 Å². The van der Waals surface area contributed by atoms with Gasteiger partial charge in [-0.3, -0.25) is 4.90 Å². The lowest BCUT2D eigenvalue weighted by Crippen LogP contribution is -2.45. The summed E-state index contributed by atoms with van der Waals surface area (Å²) in [7, 11) is 0. The van der Waals surface area contributed by atoms with Crippen molar-refractivity contribution < 1.29 is 22.4 Å². The lowest BCUT2D eigenvalue weighted by molar-refractivity contribution is -0.146. The number of rotatable bonds is 2. The first-order valence-electron chi connectivity index (χ1n) is 7.79. The van der Waals surface area contributed by atoms with Gasteiger partial charge in [0.05, 0.1) is 18.8 Å². The van der Waals surface area contributed by atoms with Gasteiger partial charge in [-0.15, -0.1) is 11.3 Å². The van der Waals surface area contributed by atoms with Crippen molar-refractivity contribution in [2.75, 3.05) is 19.7 Å². The van der Waals surface area contributed by atoms with Crippen molar-refractivity contribution in [1.82, 2.24) is 15.0 Å². The second-order valence-corrected chi connectivity index (χ2v) is 7.14. The molecule has 2 aliphatic rings. The number of piperidine rings is 1. The highest BCUT2D eigenvalue weighted by Crippen LogP contribution is 2.43. The first-order chi connectivity index (χ1) is 11.5. The van der Waals surface area contributed by atoms with Crippen molar-refractivity contribution in [3.63, 3.8) is 0 Å². The summed E-state index contributed by atoms with van der Waals surface area (Å²) in [6.45, 7) is 2.40. The van der Waals surface area contributed by atoms with E-state index in [2.05, 4.69) is 21.6 Å². The molecule has 2 aromatic rings. The van der Waals surface area contributed by atoms with Gasteiger partial charge in [0.1, 0.15) is 0 Å². The van der Waals surface area contributed by atoms with Gasteiger partial charge in [0.2, 0.25) is 5.89 Å². The molecular formula is C15H16F3N3O2S. The van der Waals surface area contributed by atoms with Crippen LogP contribution in [0.2, 0.25) is 0 Å². The smallest absolute Gasteiger partial charge is 0.370 e. The molecule has 1 saturated heterocycles. The van der Waals surface area contributed by atoms with Crippen molar-refractivity contribution in [3.05, 3.63) is 33.6 Å². The highest BCUT2D eigenvalue weighted by atomic mass is 32.1. The quantitative estimate of drug-likeness (QED) is 0.824. The van der Waals surface area contributed by atoms with Crippen LogP contribution in [0.15, 0.2) is 16.0 Å². The molecule has 1 fully saturated rings. The maximum Gasteiger partial charge on any atom is 0.455 e. The van der Waals surface area contributed by atoms with E-state index < -0.39 is 12.0 Å². The Bertz CT molecular complexity index is 720. The molecule has 0 amide bonds. The number of fused-ring (bicyclic) bond motifs is 2. The van der Waals surface area contributed by atoms with Crippen molar-refractivity contribution in [2.24, 2.45) is 0 Å². The molecule has 0 N–H and O–H groups in total. The van der Waals surface area contributed by atoms with Crippen LogP contribution < -0.4 is 0 Å². The van der Waals surface area contributed by atoms with E-state index in [-0.39, 0.29) is 18.0 Å². The molecular weight excluding hydrogens is 343 g/mol. The number of nitrogens with zero attached hydrogens (tertiary/aromatic N) is 3. The zero-order valence-corrected chi connectivity index (χ0v) is 13.6. The molecule has 0 saturated carbocycles. The molecule has 24 heavy (non-hydrogen) atoms. The molecule has 0 atom stereocenters. The predicted molar refractivity (Wildman–Crippen MR) is 79.5 cm³/mol. The highest BCUT2D eigenvalue weighted by Gasteiger charge is 2.42.